The number of hydrogen-bond acceptors (Lipinski definition) is 3. The monoisotopic (exact) mass is 267 g/mol. The highest BCUT2D eigenvalue weighted by atomic mass is 35.6. The van der Waals surface area contributed by atoms with Crippen molar-refractivity contribution in [3.05, 3.63) is 29.8 Å². The fourth-order valence-corrected chi connectivity index (χ4v) is 0.993. The molecule has 0 aromatic heterocycles. The van der Waals surface area contributed by atoms with Gasteiger partial charge in [0, 0.05) is 0 Å². The second-order valence-corrected chi connectivity index (χ2v) is 5.06. The number of alkyl halides is 3. The van der Waals surface area contributed by atoms with Crippen molar-refractivity contribution in [3.8, 4) is 5.75 Å². The summed E-state index contributed by atoms with van der Waals surface area (Å²) in [5, 5.41) is 16.3. The lowest BCUT2D eigenvalue weighted by Crippen LogP contribution is -2.20. The molecule has 0 saturated carbocycles. The first-order valence-corrected chi connectivity index (χ1v) is 5.09. The molecular weight excluding hydrogens is 260 g/mol. The average Bonchev–Trinajstić information content (AvgIpc) is 2.15. The Labute approximate surface area is 102 Å². The SMILES string of the molecule is N=C(OCc1ccc(O)cc1)C(Cl)(Cl)Cl. The summed E-state index contributed by atoms with van der Waals surface area (Å²) in [4.78, 5) is 0. The zero-order valence-corrected chi connectivity index (χ0v) is 9.77. The Kier molecular flexibility index (Phi) is 4.08. The molecule has 0 aliphatic heterocycles. The molecule has 0 atom stereocenters. The second kappa shape index (κ2) is 4.92. The Morgan fingerprint density at radius 2 is 1.80 bits per heavy atom. The van der Waals surface area contributed by atoms with Crippen LogP contribution in [0, 0.1) is 5.41 Å². The third-order valence-electron chi connectivity index (χ3n) is 1.58. The maximum atomic E-state index is 9.02. The number of halogens is 3. The minimum atomic E-state index is -1.84. The van der Waals surface area contributed by atoms with E-state index in [-0.39, 0.29) is 12.4 Å². The zero-order chi connectivity index (χ0) is 11.5. The third kappa shape index (κ3) is 4.16. The smallest absolute Gasteiger partial charge is 0.265 e. The van der Waals surface area contributed by atoms with Gasteiger partial charge in [-0.25, -0.2) is 0 Å². The van der Waals surface area contributed by atoms with Gasteiger partial charge in [-0.3, -0.25) is 5.41 Å². The molecular formula is C9H8Cl3NO2. The molecule has 1 aromatic carbocycles. The van der Waals surface area contributed by atoms with E-state index < -0.39 is 9.69 Å². The highest BCUT2D eigenvalue weighted by Gasteiger charge is 2.28. The largest absolute Gasteiger partial charge is 0.508 e. The number of nitrogens with one attached hydrogen (secondary N) is 1. The van der Waals surface area contributed by atoms with E-state index in [4.69, 9.17) is 50.1 Å². The number of phenols is 1. The third-order valence-corrected chi connectivity index (χ3v) is 2.09. The van der Waals surface area contributed by atoms with Crippen molar-refractivity contribution in [2.75, 3.05) is 0 Å². The summed E-state index contributed by atoms with van der Waals surface area (Å²) in [5.74, 6) is -0.268. The molecule has 3 nitrogen and oxygen atoms in total. The van der Waals surface area contributed by atoms with Crippen LogP contribution in [0.25, 0.3) is 0 Å². The summed E-state index contributed by atoms with van der Waals surface area (Å²) in [6.07, 6.45) is 0. The molecule has 0 saturated heterocycles. The Hall–Kier alpha value is -0.640. The van der Waals surface area contributed by atoms with Crippen molar-refractivity contribution in [2.45, 2.75) is 10.4 Å². The average molecular weight is 269 g/mol. The summed E-state index contributed by atoms with van der Waals surface area (Å²) in [7, 11) is 0. The molecule has 0 aliphatic carbocycles. The molecule has 82 valence electrons. The van der Waals surface area contributed by atoms with E-state index in [1.807, 2.05) is 0 Å². The minimum absolute atomic E-state index is 0.118. The quantitative estimate of drug-likeness (QED) is 0.491. The predicted octanol–water partition coefficient (Wildman–Crippen LogP) is 3.26. The lowest BCUT2D eigenvalue weighted by molar-refractivity contribution is 0.283. The summed E-state index contributed by atoms with van der Waals surface area (Å²) < 4.78 is 3.10. The van der Waals surface area contributed by atoms with E-state index in [0.717, 1.165) is 5.56 Å². The van der Waals surface area contributed by atoms with E-state index in [0.29, 0.717) is 0 Å². The standard InChI is InChI=1S/C9H8Cl3NO2/c10-9(11,12)8(13)15-5-6-1-3-7(14)4-2-6/h1-4,13-14H,5H2. The van der Waals surface area contributed by atoms with Gasteiger partial charge in [-0.1, -0.05) is 46.9 Å². The van der Waals surface area contributed by atoms with E-state index in [1.54, 1.807) is 12.1 Å². The van der Waals surface area contributed by atoms with Gasteiger partial charge in [-0.2, -0.15) is 0 Å². The first-order valence-electron chi connectivity index (χ1n) is 3.96. The minimum Gasteiger partial charge on any atom is -0.508 e. The van der Waals surface area contributed by atoms with Gasteiger partial charge in [-0.15, -0.1) is 0 Å². The Morgan fingerprint density at radius 1 is 1.27 bits per heavy atom. The summed E-state index contributed by atoms with van der Waals surface area (Å²) in [6.45, 7) is 0.118. The molecule has 1 aromatic rings. The van der Waals surface area contributed by atoms with Crippen molar-refractivity contribution < 1.29 is 9.84 Å². The number of ether oxygens (including phenoxy) is 1. The van der Waals surface area contributed by atoms with Crippen LogP contribution >= 0.6 is 34.8 Å². The van der Waals surface area contributed by atoms with Crippen LogP contribution in [-0.2, 0) is 11.3 Å². The highest BCUT2D eigenvalue weighted by Crippen LogP contribution is 2.28. The molecule has 1 rings (SSSR count). The van der Waals surface area contributed by atoms with Crippen LogP contribution in [0.3, 0.4) is 0 Å². The summed E-state index contributed by atoms with van der Waals surface area (Å²) >= 11 is 16.2. The molecule has 0 spiro atoms. The second-order valence-electron chi connectivity index (χ2n) is 2.78. The Bertz CT molecular complexity index is 345. The van der Waals surface area contributed by atoms with Gasteiger partial charge in [-0.05, 0) is 17.7 Å². The number of hydrogen-bond donors (Lipinski definition) is 2. The van der Waals surface area contributed by atoms with Crippen molar-refractivity contribution in [1.29, 1.82) is 5.41 Å². The van der Waals surface area contributed by atoms with Gasteiger partial charge < -0.3 is 9.84 Å². The molecule has 0 bridgehead atoms. The maximum Gasteiger partial charge on any atom is 0.265 e. The summed E-state index contributed by atoms with van der Waals surface area (Å²) in [5.41, 5.74) is 0.770. The molecule has 0 aliphatic rings. The molecule has 6 heteroatoms. The van der Waals surface area contributed by atoms with Gasteiger partial charge in [0.15, 0.2) is 0 Å². The fraction of sp³-hybridized carbons (Fsp3) is 0.222. The lowest BCUT2D eigenvalue weighted by atomic mass is 10.2. The van der Waals surface area contributed by atoms with Crippen molar-refractivity contribution >= 4 is 40.7 Å². The van der Waals surface area contributed by atoms with E-state index in [1.165, 1.54) is 12.1 Å². The van der Waals surface area contributed by atoms with Crippen LogP contribution in [-0.4, -0.2) is 14.8 Å². The van der Waals surface area contributed by atoms with Gasteiger partial charge in [0.25, 0.3) is 3.79 Å². The van der Waals surface area contributed by atoms with Crippen molar-refractivity contribution in [2.24, 2.45) is 0 Å². The topological polar surface area (TPSA) is 53.3 Å². The molecule has 0 radical (unpaired) electrons. The van der Waals surface area contributed by atoms with E-state index >= 15 is 0 Å². The van der Waals surface area contributed by atoms with Crippen LogP contribution < -0.4 is 0 Å². The molecule has 0 heterocycles. The highest BCUT2D eigenvalue weighted by molar-refractivity contribution is 6.75. The van der Waals surface area contributed by atoms with E-state index in [2.05, 4.69) is 0 Å². The Morgan fingerprint density at radius 3 is 2.27 bits per heavy atom. The fourth-order valence-electron chi connectivity index (χ4n) is 0.830. The van der Waals surface area contributed by atoms with Gasteiger partial charge in [0.1, 0.15) is 12.4 Å². The van der Waals surface area contributed by atoms with Gasteiger partial charge in [0.05, 0.1) is 0 Å². The van der Waals surface area contributed by atoms with Crippen LogP contribution in [0.5, 0.6) is 5.75 Å². The predicted molar refractivity (Wildman–Crippen MR) is 60.9 cm³/mol. The molecule has 0 amide bonds. The van der Waals surface area contributed by atoms with Gasteiger partial charge >= 0.3 is 0 Å². The maximum absolute atomic E-state index is 9.02. The van der Waals surface area contributed by atoms with Crippen molar-refractivity contribution in [1.82, 2.24) is 0 Å². The normalized spacial score (nSPS) is 11.1. The van der Waals surface area contributed by atoms with Crippen LogP contribution in [0.2, 0.25) is 0 Å². The number of aromatic hydroxyl groups is 1. The van der Waals surface area contributed by atoms with Crippen LogP contribution in [0.15, 0.2) is 24.3 Å². The number of benzene rings is 1. The molecule has 2 N–H and O–H groups in total. The van der Waals surface area contributed by atoms with Gasteiger partial charge in [0.2, 0.25) is 5.90 Å². The number of rotatable bonds is 2. The van der Waals surface area contributed by atoms with Crippen LogP contribution in [0.1, 0.15) is 5.56 Å². The first kappa shape index (κ1) is 12.4. The molecule has 0 fully saturated rings. The first-order chi connectivity index (χ1) is 6.89. The molecule has 0 unspecified atom stereocenters. The lowest BCUT2D eigenvalue weighted by Gasteiger charge is -2.13. The zero-order valence-electron chi connectivity index (χ0n) is 7.51. The van der Waals surface area contributed by atoms with Crippen LogP contribution in [0.4, 0.5) is 0 Å². The Balaban J connectivity index is 2.51. The van der Waals surface area contributed by atoms with Crippen molar-refractivity contribution in [3.63, 3.8) is 0 Å². The molecule has 15 heavy (non-hydrogen) atoms. The number of phenolic OH excluding ortho intramolecular Hbond substituents is 1. The summed E-state index contributed by atoms with van der Waals surface area (Å²) in [6, 6.07) is 6.33. The van der Waals surface area contributed by atoms with E-state index in [9.17, 15) is 0 Å².